The lowest BCUT2D eigenvalue weighted by Gasteiger charge is -2.18. The van der Waals surface area contributed by atoms with E-state index in [2.05, 4.69) is 4.98 Å². The number of hydrogen-bond donors (Lipinski definition) is 1. The molecule has 6 heteroatoms. The number of oxazole rings is 1. The van der Waals surface area contributed by atoms with Crippen LogP contribution in [0.4, 0.5) is 4.39 Å². The molecule has 0 bridgehead atoms. The molecule has 0 aliphatic heterocycles. The van der Waals surface area contributed by atoms with E-state index in [9.17, 15) is 14.3 Å². The average molecular weight is 402 g/mol. The van der Waals surface area contributed by atoms with Crippen LogP contribution in [0.2, 0.25) is 0 Å². The third-order valence-electron chi connectivity index (χ3n) is 4.74. The van der Waals surface area contributed by atoms with Crippen molar-refractivity contribution in [3.8, 4) is 28.5 Å². The van der Waals surface area contributed by atoms with Crippen LogP contribution in [0.25, 0.3) is 22.8 Å². The van der Waals surface area contributed by atoms with E-state index in [-0.39, 0.29) is 17.5 Å². The smallest absolute Gasteiger partial charge is 0.254 e. The Balaban J connectivity index is 1.62. The second-order valence-corrected chi connectivity index (χ2v) is 6.88. The number of phenolic OH excluding ortho intramolecular Hbond substituents is 1. The number of carbonyl (C=O) groups is 1. The zero-order valence-electron chi connectivity index (χ0n) is 16.2. The van der Waals surface area contributed by atoms with Crippen LogP contribution in [-0.2, 0) is 6.54 Å². The maximum Gasteiger partial charge on any atom is 0.254 e. The molecule has 1 aromatic heterocycles. The van der Waals surface area contributed by atoms with E-state index in [1.807, 2.05) is 0 Å². The van der Waals surface area contributed by atoms with Gasteiger partial charge >= 0.3 is 0 Å². The first-order valence-corrected chi connectivity index (χ1v) is 9.36. The predicted octanol–water partition coefficient (Wildman–Crippen LogP) is 5.13. The molecule has 3 aromatic carbocycles. The molecule has 0 radical (unpaired) electrons. The number of amides is 1. The van der Waals surface area contributed by atoms with E-state index in [4.69, 9.17) is 4.42 Å². The zero-order chi connectivity index (χ0) is 21.1. The van der Waals surface area contributed by atoms with E-state index in [1.165, 1.54) is 12.3 Å². The molecule has 1 amide bonds. The highest BCUT2D eigenvalue weighted by Gasteiger charge is 2.20. The van der Waals surface area contributed by atoms with Crippen molar-refractivity contribution in [1.82, 2.24) is 9.88 Å². The van der Waals surface area contributed by atoms with Crippen LogP contribution in [0, 0.1) is 5.82 Å². The van der Waals surface area contributed by atoms with Crippen molar-refractivity contribution >= 4 is 5.91 Å². The van der Waals surface area contributed by atoms with Gasteiger partial charge in [0, 0.05) is 19.2 Å². The lowest BCUT2D eigenvalue weighted by Crippen LogP contribution is -2.26. The fourth-order valence-corrected chi connectivity index (χ4v) is 3.19. The van der Waals surface area contributed by atoms with Gasteiger partial charge in [-0.15, -0.1) is 0 Å². The molecular weight excluding hydrogens is 383 g/mol. The number of benzene rings is 3. The SMILES string of the molecule is CN(Cc1ccc(O)cc1)C(=O)c1ccccc1-c1ncc(-c2ccccc2F)o1. The summed E-state index contributed by atoms with van der Waals surface area (Å²) in [7, 11) is 1.70. The fourth-order valence-electron chi connectivity index (χ4n) is 3.19. The quantitative estimate of drug-likeness (QED) is 0.503. The van der Waals surface area contributed by atoms with Gasteiger partial charge in [0.25, 0.3) is 5.91 Å². The predicted molar refractivity (Wildman–Crippen MR) is 111 cm³/mol. The highest BCUT2D eigenvalue weighted by molar-refractivity contribution is 5.99. The van der Waals surface area contributed by atoms with Crippen LogP contribution in [-0.4, -0.2) is 27.9 Å². The van der Waals surface area contributed by atoms with E-state index >= 15 is 0 Å². The summed E-state index contributed by atoms with van der Waals surface area (Å²) < 4.78 is 19.9. The molecule has 5 nitrogen and oxygen atoms in total. The Hall–Kier alpha value is -3.93. The summed E-state index contributed by atoms with van der Waals surface area (Å²) in [6, 6.07) is 20.0. The summed E-state index contributed by atoms with van der Waals surface area (Å²) in [6.45, 7) is 0.375. The minimum atomic E-state index is -0.404. The van der Waals surface area contributed by atoms with Crippen LogP contribution in [0.15, 0.2) is 83.4 Å². The maximum absolute atomic E-state index is 14.1. The summed E-state index contributed by atoms with van der Waals surface area (Å²) >= 11 is 0. The average Bonchev–Trinajstić information content (AvgIpc) is 3.25. The number of aromatic nitrogens is 1. The van der Waals surface area contributed by atoms with Crippen molar-refractivity contribution < 1.29 is 18.7 Å². The van der Waals surface area contributed by atoms with Gasteiger partial charge in [-0.1, -0.05) is 36.4 Å². The molecule has 150 valence electrons. The Bertz CT molecular complexity index is 1190. The molecule has 0 aliphatic rings. The van der Waals surface area contributed by atoms with E-state index in [0.29, 0.717) is 29.0 Å². The lowest BCUT2D eigenvalue weighted by atomic mass is 10.1. The van der Waals surface area contributed by atoms with E-state index < -0.39 is 5.82 Å². The van der Waals surface area contributed by atoms with E-state index in [0.717, 1.165) is 5.56 Å². The van der Waals surface area contributed by atoms with Crippen LogP contribution >= 0.6 is 0 Å². The molecular formula is C24H19FN2O3. The molecule has 4 aromatic rings. The summed E-state index contributed by atoms with van der Waals surface area (Å²) in [5.41, 5.74) is 2.16. The first kappa shape index (κ1) is 19.4. The van der Waals surface area contributed by atoms with Crippen LogP contribution < -0.4 is 0 Å². The van der Waals surface area contributed by atoms with Crippen molar-refractivity contribution in [3.63, 3.8) is 0 Å². The minimum absolute atomic E-state index is 0.174. The van der Waals surface area contributed by atoms with Gasteiger partial charge < -0.3 is 14.4 Å². The van der Waals surface area contributed by atoms with Gasteiger partial charge in [-0.3, -0.25) is 4.79 Å². The van der Waals surface area contributed by atoms with Gasteiger partial charge in [0.15, 0.2) is 5.76 Å². The Kier molecular flexibility index (Phi) is 5.30. The Morgan fingerprint density at radius 3 is 2.40 bits per heavy atom. The summed E-state index contributed by atoms with van der Waals surface area (Å²) in [6.07, 6.45) is 1.45. The topological polar surface area (TPSA) is 66.6 Å². The zero-order valence-corrected chi connectivity index (χ0v) is 16.2. The molecule has 1 N–H and O–H groups in total. The molecule has 0 unspecified atom stereocenters. The van der Waals surface area contributed by atoms with Gasteiger partial charge in [0.2, 0.25) is 5.89 Å². The number of hydrogen-bond acceptors (Lipinski definition) is 4. The molecule has 4 rings (SSSR count). The highest BCUT2D eigenvalue weighted by Crippen LogP contribution is 2.30. The molecule has 1 heterocycles. The molecule has 0 saturated heterocycles. The van der Waals surface area contributed by atoms with Crippen LogP contribution in [0.1, 0.15) is 15.9 Å². The Morgan fingerprint density at radius 2 is 1.67 bits per heavy atom. The monoisotopic (exact) mass is 402 g/mol. The van der Waals surface area contributed by atoms with Crippen molar-refractivity contribution in [3.05, 3.63) is 95.9 Å². The number of aromatic hydroxyl groups is 1. The van der Waals surface area contributed by atoms with Gasteiger partial charge in [0.05, 0.1) is 17.3 Å². The Labute approximate surface area is 173 Å². The minimum Gasteiger partial charge on any atom is -0.508 e. The van der Waals surface area contributed by atoms with Gasteiger partial charge in [0.1, 0.15) is 11.6 Å². The molecule has 0 atom stereocenters. The number of carbonyl (C=O) groups excluding carboxylic acids is 1. The maximum atomic E-state index is 14.1. The lowest BCUT2D eigenvalue weighted by molar-refractivity contribution is 0.0785. The van der Waals surface area contributed by atoms with Crippen molar-refractivity contribution in [2.24, 2.45) is 0 Å². The number of phenols is 1. The van der Waals surface area contributed by atoms with Gasteiger partial charge in [-0.2, -0.15) is 0 Å². The highest BCUT2D eigenvalue weighted by atomic mass is 19.1. The summed E-state index contributed by atoms with van der Waals surface area (Å²) in [5.74, 6) is 0.105. The van der Waals surface area contributed by atoms with Gasteiger partial charge in [-0.25, -0.2) is 9.37 Å². The number of nitrogens with zero attached hydrogens (tertiary/aromatic N) is 2. The van der Waals surface area contributed by atoms with Gasteiger partial charge in [-0.05, 0) is 42.0 Å². The second kappa shape index (κ2) is 8.21. The van der Waals surface area contributed by atoms with Crippen molar-refractivity contribution in [2.45, 2.75) is 6.54 Å². The molecule has 0 spiro atoms. The molecule has 30 heavy (non-hydrogen) atoms. The summed E-state index contributed by atoms with van der Waals surface area (Å²) in [5, 5.41) is 9.42. The summed E-state index contributed by atoms with van der Waals surface area (Å²) in [4.78, 5) is 18.9. The van der Waals surface area contributed by atoms with Crippen LogP contribution in [0.3, 0.4) is 0 Å². The van der Waals surface area contributed by atoms with E-state index in [1.54, 1.807) is 78.7 Å². The fraction of sp³-hybridized carbons (Fsp3) is 0.0833. The largest absolute Gasteiger partial charge is 0.508 e. The number of halogens is 1. The molecule has 0 aliphatic carbocycles. The third-order valence-corrected chi connectivity index (χ3v) is 4.74. The first-order valence-electron chi connectivity index (χ1n) is 9.36. The number of rotatable bonds is 5. The first-order chi connectivity index (χ1) is 14.5. The molecule has 0 saturated carbocycles. The third kappa shape index (κ3) is 3.93. The standard InChI is InChI=1S/C24H19FN2O3/c1-27(15-16-10-12-17(28)13-11-16)24(29)19-7-3-2-6-18(19)23-26-14-22(30-23)20-8-4-5-9-21(20)25/h2-14,28H,15H2,1H3. The Morgan fingerprint density at radius 1 is 1.00 bits per heavy atom. The van der Waals surface area contributed by atoms with Crippen molar-refractivity contribution in [2.75, 3.05) is 7.05 Å². The van der Waals surface area contributed by atoms with Crippen molar-refractivity contribution in [1.29, 1.82) is 0 Å². The second-order valence-electron chi connectivity index (χ2n) is 6.88. The molecule has 0 fully saturated rings. The van der Waals surface area contributed by atoms with Crippen LogP contribution in [0.5, 0.6) is 5.75 Å². The normalized spacial score (nSPS) is 10.7.